The molecule has 0 spiro atoms. The molecule has 0 bridgehead atoms. The zero-order valence-corrected chi connectivity index (χ0v) is 16.7. The van der Waals surface area contributed by atoms with Gasteiger partial charge in [0.25, 0.3) is 0 Å². The van der Waals surface area contributed by atoms with Crippen LogP contribution < -0.4 is 0 Å². The van der Waals surface area contributed by atoms with E-state index in [1.165, 1.54) is 88.4 Å². The maximum Gasteiger partial charge on any atom is 0.159 e. The lowest BCUT2D eigenvalue weighted by Gasteiger charge is -2.37. The number of hydrogen-bond donors (Lipinski definition) is 0. The second kappa shape index (κ2) is 9.30. The highest BCUT2D eigenvalue weighted by molar-refractivity contribution is 6.60. The summed E-state index contributed by atoms with van der Waals surface area (Å²) >= 11 is 0. The van der Waals surface area contributed by atoms with Gasteiger partial charge in [-0.05, 0) is 47.9 Å². The molecule has 1 aliphatic carbocycles. The smallest absolute Gasteiger partial charge is 0.159 e. The Bertz CT molecular complexity index is 529. The van der Waals surface area contributed by atoms with Crippen molar-refractivity contribution in [2.24, 2.45) is 5.92 Å². The monoisotopic (exact) mass is 363 g/mol. The molecule has 2 fully saturated rings. The fraction of sp³-hybridized carbons (Fsp3) is 0.727. The van der Waals surface area contributed by atoms with E-state index in [0.717, 1.165) is 17.0 Å². The van der Waals surface area contributed by atoms with Gasteiger partial charge in [-0.3, -0.25) is 0 Å². The Kier molecular flexibility index (Phi) is 7.09. The first-order valence-corrected chi connectivity index (χ1v) is 12.5. The molecule has 1 aromatic rings. The van der Waals surface area contributed by atoms with Gasteiger partial charge in [0.15, 0.2) is 11.6 Å². The molecular formula is C22H33F2Si. The third-order valence-electron chi connectivity index (χ3n) is 6.68. The summed E-state index contributed by atoms with van der Waals surface area (Å²) in [7, 11) is -0.222. The fourth-order valence-corrected chi connectivity index (χ4v) is 8.69. The summed E-state index contributed by atoms with van der Waals surface area (Å²) in [6, 6.07) is 7.27. The standard InChI is InChI=1S/C22H33F2Si/c1-2-3-4-5-17-6-9-20(10-7-17)25-14-12-18(13-15-25)19-8-11-21(23)22(24)16-19/h8,11,16-18,20H,2-7,9-10,12-15H2,1H3. The third-order valence-corrected chi connectivity index (χ3v) is 10.3. The van der Waals surface area contributed by atoms with Gasteiger partial charge in [-0.2, -0.15) is 0 Å². The van der Waals surface area contributed by atoms with Crippen LogP contribution in [-0.4, -0.2) is 8.80 Å². The number of rotatable bonds is 6. The van der Waals surface area contributed by atoms with Gasteiger partial charge in [0.1, 0.15) is 0 Å². The molecule has 139 valence electrons. The SMILES string of the molecule is CCCCCC1CCC([Si]2CCC(c3ccc(F)c(F)c3)CC2)CC1. The van der Waals surface area contributed by atoms with Crippen LogP contribution in [0, 0.1) is 17.6 Å². The molecule has 3 rings (SSSR count). The largest absolute Gasteiger partial charge is 0.204 e. The average molecular weight is 364 g/mol. The summed E-state index contributed by atoms with van der Waals surface area (Å²) in [5.74, 6) is 0.0492. The van der Waals surface area contributed by atoms with Crippen LogP contribution in [-0.2, 0) is 0 Å². The Morgan fingerprint density at radius 2 is 1.64 bits per heavy atom. The van der Waals surface area contributed by atoms with E-state index in [1.807, 2.05) is 0 Å². The van der Waals surface area contributed by atoms with Crippen LogP contribution in [0.3, 0.4) is 0 Å². The van der Waals surface area contributed by atoms with Crippen LogP contribution in [0.2, 0.25) is 17.6 Å². The molecule has 0 unspecified atom stereocenters. The minimum absolute atomic E-state index is 0.222. The lowest BCUT2D eigenvalue weighted by Crippen LogP contribution is -2.29. The molecule has 0 atom stereocenters. The summed E-state index contributed by atoms with van der Waals surface area (Å²) in [5.41, 5.74) is 2.04. The molecule has 0 amide bonds. The maximum absolute atomic E-state index is 13.5. The van der Waals surface area contributed by atoms with Gasteiger partial charge < -0.3 is 0 Å². The zero-order chi connectivity index (χ0) is 17.6. The molecule has 1 saturated heterocycles. The van der Waals surface area contributed by atoms with Crippen molar-refractivity contribution >= 4 is 8.80 Å². The molecule has 3 heteroatoms. The molecule has 0 aromatic heterocycles. The molecular weight excluding hydrogens is 330 g/mol. The lowest BCUT2D eigenvalue weighted by atomic mass is 9.85. The number of halogens is 2. The molecule has 0 N–H and O–H groups in total. The molecule has 1 saturated carbocycles. The van der Waals surface area contributed by atoms with E-state index in [4.69, 9.17) is 0 Å². The van der Waals surface area contributed by atoms with E-state index in [9.17, 15) is 8.78 Å². The predicted octanol–water partition coefficient (Wildman–Crippen LogP) is 7.48. The topological polar surface area (TPSA) is 0 Å². The molecule has 0 nitrogen and oxygen atoms in total. The Labute approximate surface area is 154 Å². The van der Waals surface area contributed by atoms with Gasteiger partial charge in [-0.15, -0.1) is 0 Å². The van der Waals surface area contributed by atoms with Gasteiger partial charge in [-0.1, -0.05) is 76.4 Å². The van der Waals surface area contributed by atoms with E-state index in [1.54, 1.807) is 6.07 Å². The van der Waals surface area contributed by atoms with Crippen molar-refractivity contribution in [2.75, 3.05) is 0 Å². The number of hydrogen-bond acceptors (Lipinski definition) is 0. The van der Waals surface area contributed by atoms with Crippen LogP contribution in [0.25, 0.3) is 0 Å². The van der Waals surface area contributed by atoms with Gasteiger partial charge in [0.2, 0.25) is 0 Å². The Morgan fingerprint density at radius 1 is 0.920 bits per heavy atom. The van der Waals surface area contributed by atoms with Gasteiger partial charge >= 0.3 is 0 Å². The van der Waals surface area contributed by atoms with Crippen LogP contribution in [0.1, 0.15) is 82.6 Å². The van der Waals surface area contributed by atoms with Crippen LogP contribution in [0.4, 0.5) is 8.78 Å². The second-order valence-electron chi connectivity index (χ2n) is 8.32. The molecule has 1 radical (unpaired) electrons. The van der Waals surface area contributed by atoms with E-state index in [0.29, 0.717) is 5.92 Å². The van der Waals surface area contributed by atoms with Crippen molar-refractivity contribution in [3.8, 4) is 0 Å². The molecule has 1 heterocycles. The summed E-state index contributed by atoms with van der Waals surface area (Å²) in [5, 5.41) is 0. The summed E-state index contributed by atoms with van der Waals surface area (Å²) in [6.45, 7) is 2.29. The highest BCUT2D eigenvalue weighted by Gasteiger charge is 2.32. The molecule has 1 aromatic carbocycles. The van der Waals surface area contributed by atoms with Crippen molar-refractivity contribution in [2.45, 2.75) is 94.7 Å². The predicted molar refractivity (Wildman–Crippen MR) is 104 cm³/mol. The van der Waals surface area contributed by atoms with E-state index in [2.05, 4.69) is 6.92 Å². The Balaban J connectivity index is 1.43. The summed E-state index contributed by atoms with van der Waals surface area (Å²) in [4.78, 5) is 0. The van der Waals surface area contributed by atoms with Gasteiger partial charge in [0, 0.05) is 0 Å². The van der Waals surface area contributed by atoms with Crippen molar-refractivity contribution in [3.05, 3.63) is 35.4 Å². The Morgan fingerprint density at radius 3 is 2.28 bits per heavy atom. The quantitative estimate of drug-likeness (QED) is 0.363. The molecule has 1 aliphatic heterocycles. The molecule has 25 heavy (non-hydrogen) atoms. The molecule has 2 aliphatic rings. The summed E-state index contributed by atoms with van der Waals surface area (Å²) in [6.07, 6.45) is 13.9. The highest BCUT2D eigenvalue weighted by atomic mass is 28.3. The van der Waals surface area contributed by atoms with Crippen LogP contribution >= 0.6 is 0 Å². The van der Waals surface area contributed by atoms with Crippen LogP contribution in [0.15, 0.2) is 18.2 Å². The van der Waals surface area contributed by atoms with E-state index < -0.39 is 11.6 Å². The lowest BCUT2D eigenvalue weighted by molar-refractivity contribution is 0.325. The van der Waals surface area contributed by atoms with Crippen molar-refractivity contribution < 1.29 is 8.78 Å². The minimum atomic E-state index is -0.722. The summed E-state index contributed by atoms with van der Waals surface area (Å²) < 4.78 is 26.6. The third kappa shape index (κ3) is 5.15. The Hall–Kier alpha value is -0.703. The van der Waals surface area contributed by atoms with Crippen molar-refractivity contribution in [3.63, 3.8) is 0 Å². The first-order valence-electron chi connectivity index (χ1n) is 10.5. The van der Waals surface area contributed by atoms with E-state index in [-0.39, 0.29) is 8.80 Å². The minimum Gasteiger partial charge on any atom is -0.204 e. The fourth-order valence-electron chi connectivity index (χ4n) is 5.04. The zero-order valence-electron chi connectivity index (χ0n) is 15.7. The van der Waals surface area contributed by atoms with Crippen molar-refractivity contribution in [1.29, 1.82) is 0 Å². The normalized spacial score (nSPS) is 26.0. The second-order valence-corrected chi connectivity index (χ2v) is 11.5. The first-order chi connectivity index (χ1) is 12.2. The highest BCUT2D eigenvalue weighted by Crippen LogP contribution is 2.44. The van der Waals surface area contributed by atoms with E-state index >= 15 is 0 Å². The maximum atomic E-state index is 13.5. The van der Waals surface area contributed by atoms with Gasteiger partial charge in [-0.25, -0.2) is 8.78 Å². The van der Waals surface area contributed by atoms with Crippen LogP contribution in [0.5, 0.6) is 0 Å². The average Bonchev–Trinajstić information content (AvgIpc) is 2.65. The number of unbranched alkanes of at least 4 members (excludes halogenated alkanes) is 2. The first kappa shape index (κ1) is 19.1. The van der Waals surface area contributed by atoms with Crippen molar-refractivity contribution in [1.82, 2.24) is 0 Å². The number of benzene rings is 1. The van der Waals surface area contributed by atoms with Gasteiger partial charge in [0.05, 0.1) is 8.80 Å².